The normalized spacial score (nSPS) is 19.7. The third-order valence-electron chi connectivity index (χ3n) is 6.32. The fourth-order valence-corrected chi connectivity index (χ4v) is 4.47. The Balaban J connectivity index is 0.000000426. The molecule has 1 atom stereocenters. The molecular formula is C24H34F6N2O6. The minimum atomic E-state index is -5.08. The summed E-state index contributed by atoms with van der Waals surface area (Å²) in [7, 11) is 3.61. The Hall–Kier alpha value is -2.42. The lowest BCUT2D eigenvalue weighted by Crippen LogP contribution is -2.41. The van der Waals surface area contributed by atoms with Gasteiger partial charge in [-0.3, -0.25) is 9.80 Å². The second kappa shape index (κ2) is 15.2. The van der Waals surface area contributed by atoms with E-state index in [1.165, 1.54) is 44.5 Å². The predicted molar refractivity (Wildman–Crippen MR) is 124 cm³/mol. The Morgan fingerprint density at radius 1 is 0.947 bits per heavy atom. The molecule has 0 bridgehead atoms. The van der Waals surface area contributed by atoms with Crippen LogP contribution in [0, 0.1) is 5.41 Å². The molecule has 1 aromatic rings. The molecule has 1 aromatic carbocycles. The van der Waals surface area contributed by atoms with Gasteiger partial charge in [-0.05, 0) is 43.3 Å². The summed E-state index contributed by atoms with van der Waals surface area (Å²) in [6, 6.07) is 11.4. The third-order valence-corrected chi connectivity index (χ3v) is 6.32. The van der Waals surface area contributed by atoms with Crippen LogP contribution in [0.25, 0.3) is 0 Å². The number of likely N-dealkylation sites (tertiary alicyclic amines) is 2. The number of hydrogen-bond acceptors (Lipinski definition) is 6. The maximum absolute atomic E-state index is 10.6. The molecule has 3 rings (SSSR count). The maximum Gasteiger partial charge on any atom is 0.490 e. The molecule has 218 valence electrons. The molecule has 0 radical (unpaired) electrons. The molecule has 0 amide bonds. The smallest absolute Gasteiger partial charge is 0.475 e. The first kappa shape index (κ1) is 33.6. The van der Waals surface area contributed by atoms with Gasteiger partial charge < -0.3 is 19.7 Å². The number of carboxylic acids is 2. The number of ether oxygens (including phenoxy) is 2. The molecule has 1 spiro atoms. The molecule has 2 saturated heterocycles. The summed E-state index contributed by atoms with van der Waals surface area (Å²) >= 11 is 0. The second-order valence-electron chi connectivity index (χ2n) is 9.14. The lowest BCUT2D eigenvalue weighted by atomic mass is 9.76. The van der Waals surface area contributed by atoms with Crippen LogP contribution in [0.5, 0.6) is 0 Å². The van der Waals surface area contributed by atoms with Crippen molar-refractivity contribution in [3.05, 3.63) is 35.9 Å². The van der Waals surface area contributed by atoms with Gasteiger partial charge in [-0.1, -0.05) is 30.3 Å². The van der Waals surface area contributed by atoms with Gasteiger partial charge in [0.1, 0.15) is 0 Å². The number of rotatable bonds is 7. The van der Waals surface area contributed by atoms with E-state index in [1.807, 2.05) is 7.11 Å². The summed E-state index contributed by atoms with van der Waals surface area (Å²) in [6.07, 6.45) is -6.27. The van der Waals surface area contributed by atoms with Crippen LogP contribution in [0.3, 0.4) is 0 Å². The van der Waals surface area contributed by atoms with Crippen molar-refractivity contribution in [1.29, 1.82) is 0 Å². The molecule has 0 saturated carbocycles. The summed E-state index contributed by atoms with van der Waals surface area (Å²) in [4.78, 5) is 23.0. The minimum Gasteiger partial charge on any atom is -0.475 e. The van der Waals surface area contributed by atoms with Gasteiger partial charge in [-0.25, -0.2) is 9.59 Å². The van der Waals surface area contributed by atoms with E-state index in [1.54, 1.807) is 7.11 Å². The molecule has 2 heterocycles. The van der Waals surface area contributed by atoms with E-state index >= 15 is 0 Å². The zero-order chi connectivity index (χ0) is 29.0. The first-order valence-corrected chi connectivity index (χ1v) is 11.7. The van der Waals surface area contributed by atoms with Crippen LogP contribution >= 0.6 is 0 Å². The van der Waals surface area contributed by atoms with Gasteiger partial charge in [-0.15, -0.1) is 0 Å². The monoisotopic (exact) mass is 560 g/mol. The number of aliphatic carboxylic acids is 2. The average Bonchev–Trinajstić information content (AvgIpc) is 3.16. The van der Waals surface area contributed by atoms with E-state index in [0.717, 1.165) is 26.3 Å². The molecule has 2 aliphatic rings. The molecule has 2 N–H and O–H groups in total. The van der Waals surface area contributed by atoms with Crippen molar-refractivity contribution in [3.63, 3.8) is 0 Å². The summed E-state index contributed by atoms with van der Waals surface area (Å²) in [5.41, 5.74) is 1.92. The van der Waals surface area contributed by atoms with E-state index in [2.05, 4.69) is 40.1 Å². The SMILES string of the molecule is COCCN1CC2(CCN(Cc3ccccc3)CC2)CC1COC.O=C(O)C(F)(F)F.O=C(O)C(F)(F)F. The molecule has 38 heavy (non-hydrogen) atoms. The molecular weight excluding hydrogens is 526 g/mol. The van der Waals surface area contributed by atoms with Gasteiger partial charge in [0.25, 0.3) is 0 Å². The van der Waals surface area contributed by atoms with E-state index in [9.17, 15) is 26.3 Å². The van der Waals surface area contributed by atoms with Crippen LogP contribution < -0.4 is 0 Å². The first-order chi connectivity index (χ1) is 17.6. The quantitative estimate of drug-likeness (QED) is 0.485. The van der Waals surface area contributed by atoms with Crippen LogP contribution in [-0.4, -0.2) is 104 Å². The minimum absolute atomic E-state index is 0.490. The largest absolute Gasteiger partial charge is 0.490 e. The Labute approximate surface area is 217 Å². The van der Waals surface area contributed by atoms with Crippen molar-refractivity contribution < 1.29 is 55.6 Å². The van der Waals surface area contributed by atoms with Gasteiger partial charge in [0.15, 0.2) is 0 Å². The summed E-state index contributed by atoms with van der Waals surface area (Å²) in [6.45, 7) is 7.42. The Morgan fingerprint density at radius 3 is 1.87 bits per heavy atom. The number of carboxylic acid groups (broad SMARTS) is 2. The first-order valence-electron chi connectivity index (χ1n) is 11.7. The summed E-state index contributed by atoms with van der Waals surface area (Å²) in [5.74, 6) is -5.51. The van der Waals surface area contributed by atoms with Crippen molar-refractivity contribution in [1.82, 2.24) is 9.80 Å². The van der Waals surface area contributed by atoms with Crippen molar-refractivity contribution in [2.24, 2.45) is 5.41 Å². The highest BCUT2D eigenvalue weighted by atomic mass is 19.4. The summed E-state index contributed by atoms with van der Waals surface area (Å²) < 4.78 is 74.2. The van der Waals surface area contributed by atoms with Gasteiger partial charge in [0.2, 0.25) is 0 Å². The van der Waals surface area contributed by atoms with Crippen LogP contribution in [0.1, 0.15) is 24.8 Å². The lowest BCUT2D eigenvalue weighted by Gasteiger charge is -2.39. The fourth-order valence-electron chi connectivity index (χ4n) is 4.47. The summed E-state index contributed by atoms with van der Waals surface area (Å²) in [5, 5.41) is 14.2. The molecule has 8 nitrogen and oxygen atoms in total. The standard InChI is InChI=1S/C20H32N2O2.2C2HF3O2/c1-23-13-12-22-17-20(14-19(22)16-24-2)8-10-21(11-9-20)15-18-6-4-3-5-7-18;2*3-2(4,5)1(6)7/h3-7,19H,8-17H2,1-2H3;2*(H,6,7). The highest BCUT2D eigenvalue weighted by Gasteiger charge is 2.45. The molecule has 0 aliphatic carbocycles. The number of benzene rings is 1. The number of alkyl halides is 6. The number of methoxy groups -OCH3 is 2. The number of halogens is 6. The molecule has 2 fully saturated rings. The topological polar surface area (TPSA) is 99.5 Å². The molecule has 0 aromatic heterocycles. The Morgan fingerprint density at radius 2 is 1.45 bits per heavy atom. The van der Waals surface area contributed by atoms with Gasteiger partial charge in [-0.2, -0.15) is 26.3 Å². The van der Waals surface area contributed by atoms with Crippen LogP contribution in [0.2, 0.25) is 0 Å². The lowest BCUT2D eigenvalue weighted by molar-refractivity contribution is -0.193. The van der Waals surface area contributed by atoms with E-state index in [0.29, 0.717) is 11.5 Å². The fraction of sp³-hybridized carbons (Fsp3) is 0.667. The van der Waals surface area contributed by atoms with Crippen molar-refractivity contribution in [2.75, 3.05) is 53.6 Å². The van der Waals surface area contributed by atoms with Crippen LogP contribution in [0.4, 0.5) is 26.3 Å². The van der Waals surface area contributed by atoms with E-state index in [4.69, 9.17) is 29.3 Å². The zero-order valence-corrected chi connectivity index (χ0v) is 21.2. The zero-order valence-electron chi connectivity index (χ0n) is 21.2. The van der Waals surface area contributed by atoms with Crippen molar-refractivity contribution >= 4 is 11.9 Å². The Kier molecular flexibility index (Phi) is 13.5. The predicted octanol–water partition coefficient (Wildman–Crippen LogP) is 3.90. The highest BCUT2D eigenvalue weighted by Crippen LogP contribution is 2.43. The van der Waals surface area contributed by atoms with Crippen LogP contribution in [-0.2, 0) is 25.6 Å². The second-order valence-corrected chi connectivity index (χ2v) is 9.14. The third kappa shape index (κ3) is 12.0. The van der Waals surface area contributed by atoms with Crippen molar-refractivity contribution in [2.45, 2.75) is 44.2 Å². The number of hydrogen-bond donors (Lipinski definition) is 2. The number of nitrogens with zero attached hydrogens (tertiary/aromatic N) is 2. The molecule has 14 heteroatoms. The Bertz CT molecular complexity index is 821. The number of piperidine rings is 1. The van der Waals surface area contributed by atoms with E-state index in [-0.39, 0.29) is 0 Å². The van der Waals surface area contributed by atoms with E-state index < -0.39 is 24.3 Å². The van der Waals surface area contributed by atoms with Crippen molar-refractivity contribution in [3.8, 4) is 0 Å². The van der Waals surface area contributed by atoms with Gasteiger partial charge >= 0.3 is 24.3 Å². The highest BCUT2D eigenvalue weighted by molar-refractivity contribution is 5.73. The molecule has 1 unspecified atom stereocenters. The van der Waals surface area contributed by atoms with Gasteiger partial charge in [0.05, 0.1) is 13.2 Å². The number of carbonyl (C=O) groups is 2. The molecule has 2 aliphatic heterocycles. The average molecular weight is 561 g/mol. The van der Waals surface area contributed by atoms with Gasteiger partial charge in [0, 0.05) is 39.9 Å². The van der Waals surface area contributed by atoms with Crippen LogP contribution in [0.15, 0.2) is 30.3 Å². The maximum atomic E-state index is 10.6.